The Hall–Kier alpha value is -2.66. The van der Waals surface area contributed by atoms with Crippen LogP contribution in [0.1, 0.15) is 25.1 Å². The summed E-state index contributed by atoms with van der Waals surface area (Å²) in [4.78, 5) is 13.8. The Balaban J connectivity index is 2.04. The first-order chi connectivity index (χ1) is 14.2. The van der Waals surface area contributed by atoms with Gasteiger partial charge in [0.05, 0.1) is 5.69 Å². The molecule has 0 radical (unpaired) electrons. The number of rotatable bonds is 7. The van der Waals surface area contributed by atoms with Crippen LogP contribution in [-0.2, 0) is 4.79 Å². The summed E-state index contributed by atoms with van der Waals surface area (Å²) in [6.45, 7) is 4.44. The molecule has 30 heavy (non-hydrogen) atoms. The summed E-state index contributed by atoms with van der Waals surface area (Å²) < 4.78 is 25.0. The monoisotopic (exact) mass is 449 g/mol. The Morgan fingerprint density at radius 2 is 2.00 bits per heavy atom. The van der Waals surface area contributed by atoms with Crippen molar-refractivity contribution >= 4 is 45.3 Å². The van der Waals surface area contributed by atoms with Crippen LogP contribution < -0.4 is 16.0 Å². The molecule has 160 valence electrons. The van der Waals surface area contributed by atoms with Crippen molar-refractivity contribution in [2.45, 2.75) is 25.2 Å². The minimum atomic E-state index is -3.56. The SMILES string of the molecule is CC(C)CCNC(=O)/C(C1=NS(O)(O)c2ccccc2N1)=C(/O)C(=[NH2+])c1cccs1. The van der Waals surface area contributed by atoms with E-state index < -0.39 is 22.4 Å². The van der Waals surface area contributed by atoms with Gasteiger partial charge in [0.1, 0.15) is 15.3 Å². The molecule has 0 unspecified atom stereocenters. The van der Waals surface area contributed by atoms with Crippen molar-refractivity contribution in [2.24, 2.45) is 10.3 Å². The van der Waals surface area contributed by atoms with Crippen LogP contribution >= 0.6 is 22.1 Å². The highest BCUT2D eigenvalue weighted by Crippen LogP contribution is 2.55. The van der Waals surface area contributed by atoms with Crippen LogP contribution in [0.4, 0.5) is 5.69 Å². The maximum Gasteiger partial charge on any atom is 0.259 e. The average Bonchev–Trinajstić information content (AvgIpc) is 3.21. The van der Waals surface area contributed by atoms with E-state index in [1.54, 1.807) is 35.7 Å². The van der Waals surface area contributed by atoms with Crippen molar-refractivity contribution in [2.75, 3.05) is 11.9 Å². The van der Waals surface area contributed by atoms with E-state index in [9.17, 15) is 19.0 Å². The zero-order valence-electron chi connectivity index (χ0n) is 16.6. The number of nitrogens with two attached hydrogens (primary N) is 1. The third kappa shape index (κ3) is 4.73. The molecule has 0 saturated carbocycles. The molecule has 1 aromatic heterocycles. The lowest BCUT2D eigenvalue weighted by molar-refractivity contribution is -0.118. The van der Waals surface area contributed by atoms with Gasteiger partial charge in [0.15, 0.2) is 5.84 Å². The third-order valence-electron chi connectivity index (χ3n) is 4.40. The third-order valence-corrected chi connectivity index (χ3v) is 6.69. The Morgan fingerprint density at radius 1 is 1.27 bits per heavy atom. The van der Waals surface area contributed by atoms with Crippen LogP contribution in [0, 0.1) is 5.92 Å². The van der Waals surface area contributed by atoms with Crippen LogP contribution in [0.15, 0.2) is 62.4 Å². The molecule has 1 aromatic carbocycles. The smallest absolute Gasteiger partial charge is 0.259 e. The molecule has 10 heteroatoms. The number of fused-ring (bicyclic) bond motifs is 1. The maximum atomic E-state index is 13.0. The highest BCUT2D eigenvalue weighted by Gasteiger charge is 2.33. The van der Waals surface area contributed by atoms with E-state index in [-0.39, 0.29) is 22.0 Å². The predicted octanol–water partition coefficient (Wildman–Crippen LogP) is 2.82. The molecular weight excluding hydrogens is 424 g/mol. The normalized spacial score (nSPS) is 16.6. The quantitative estimate of drug-likeness (QED) is 0.219. The topological polar surface area (TPSA) is 140 Å². The number of aliphatic hydroxyl groups excluding tert-OH is 1. The molecule has 0 spiro atoms. The summed E-state index contributed by atoms with van der Waals surface area (Å²) in [5.41, 5.74) is 0.135. The molecule has 0 saturated heterocycles. The fraction of sp³-hybridized carbons (Fsp3) is 0.250. The van der Waals surface area contributed by atoms with Crippen LogP contribution in [0.2, 0.25) is 0 Å². The number of benzene rings is 1. The highest BCUT2D eigenvalue weighted by molar-refractivity contribution is 8.23. The van der Waals surface area contributed by atoms with Gasteiger partial charge < -0.3 is 15.7 Å². The fourth-order valence-corrected chi connectivity index (χ4v) is 4.67. The molecule has 1 aliphatic heterocycles. The van der Waals surface area contributed by atoms with Crippen molar-refractivity contribution in [3.8, 4) is 0 Å². The molecule has 2 aromatic rings. The van der Waals surface area contributed by atoms with Gasteiger partial charge in [0, 0.05) is 6.54 Å². The molecular formula is C20H25N4O4S2+. The number of allylic oxidation sites excluding steroid dienone is 1. The summed E-state index contributed by atoms with van der Waals surface area (Å²) in [6.07, 6.45) is 0.738. The Kier molecular flexibility index (Phi) is 6.61. The minimum absolute atomic E-state index is 0.00107. The molecule has 8 nitrogen and oxygen atoms in total. The fourth-order valence-electron chi connectivity index (χ4n) is 2.82. The summed E-state index contributed by atoms with van der Waals surface area (Å²) in [6, 6.07) is 10.0. The summed E-state index contributed by atoms with van der Waals surface area (Å²) in [5, 5.41) is 24.5. The van der Waals surface area contributed by atoms with Gasteiger partial charge in [-0.3, -0.25) is 13.9 Å². The number of nitrogens with zero attached hydrogens (tertiary/aromatic N) is 1. The second-order valence-corrected chi connectivity index (χ2v) is 9.74. The van der Waals surface area contributed by atoms with E-state index >= 15 is 0 Å². The van der Waals surface area contributed by atoms with Gasteiger partial charge in [-0.05, 0) is 35.9 Å². The van der Waals surface area contributed by atoms with Crippen LogP contribution in [0.25, 0.3) is 0 Å². The Morgan fingerprint density at radius 3 is 2.67 bits per heavy atom. The van der Waals surface area contributed by atoms with Crippen molar-refractivity contribution in [3.05, 3.63) is 58.0 Å². The van der Waals surface area contributed by atoms with E-state index in [1.165, 1.54) is 17.4 Å². The number of anilines is 1. The van der Waals surface area contributed by atoms with Crippen LogP contribution in [-0.4, -0.2) is 38.2 Å². The number of aliphatic hydroxyl groups is 1. The molecule has 3 rings (SSSR count). The zero-order valence-corrected chi connectivity index (χ0v) is 18.3. The second-order valence-electron chi connectivity index (χ2n) is 7.13. The highest BCUT2D eigenvalue weighted by atomic mass is 32.3. The maximum absolute atomic E-state index is 13.0. The number of hydrogen-bond donors (Lipinski definition) is 6. The van der Waals surface area contributed by atoms with E-state index in [1.807, 2.05) is 13.8 Å². The number of nitrogens with one attached hydrogen (secondary N) is 2. The molecule has 2 heterocycles. The number of thiophene rings is 1. The number of amides is 1. The Bertz CT molecular complexity index is 1010. The van der Waals surface area contributed by atoms with Gasteiger partial charge in [-0.2, -0.15) is 0 Å². The van der Waals surface area contributed by atoms with Crippen molar-refractivity contribution in [1.82, 2.24) is 5.32 Å². The number of carbonyl (C=O) groups is 1. The number of amidine groups is 1. The van der Waals surface area contributed by atoms with E-state index in [4.69, 9.17) is 5.41 Å². The molecule has 1 amide bonds. The minimum Gasteiger partial charge on any atom is -0.502 e. The van der Waals surface area contributed by atoms with E-state index in [0.29, 0.717) is 23.0 Å². The molecule has 0 atom stereocenters. The Labute approximate surface area is 180 Å². The predicted molar refractivity (Wildman–Crippen MR) is 121 cm³/mol. The molecule has 0 fully saturated rings. The van der Waals surface area contributed by atoms with Gasteiger partial charge >= 0.3 is 0 Å². The second kappa shape index (κ2) is 9.00. The van der Waals surface area contributed by atoms with Gasteiger partial charge in [-0.25, -0.2) is 5.41 Å². The molecule has 7 N–H and O–H groups in total. The average molecular weight is 450 g/mol. The van der Waals surface area contributed by atoms with Gasteiger partial charge in [-0.15, -0.1) is 15.7 Å². The van der Waals surface area contributed by atoms with Gasteiger partial charge in [0.2, 0.25) is 5.76 Å². The van der Waals surface area contributed by atoms with Gasteiger partial charge in [-0.1, -0.05) is 42.8 Å². The lowest BCUT2D eigenvalue weighted by Crippen LogP contribution is -2.44. The largest absolute Gasteiger partial charge is 0.502 e. The summed E-state index contributed by atoms with van der Waals surface area (Å²) in [7, 11) is -3.56. The molecule has 0 bridgehead atoms. The standard InChI is InChI=1S/C20H24N4O4S2/c1-12(2)9-10-22-20(26)16(18(25)17(21)14-7-5-11-29-14)19-23-13-6-3-4-8-15(13)30(27,28)24-19/h3-8,11-12,21,25,27-28H,9-10H2,1-2H3,(H,22,26)(H,23,24)/p+1/b18-16+,21-17?. The molecule has 1 aliphatic rings. The number of para-hydroxylation sites is 1. The number of hydrogen-bond acceptors (Lipinski definition) is 7. The van der Waals surface area contributed by atoms with Crippen molar-refractivity contribution in [1.29, 1.82) is 0 Å². The molecule has 0 aliphatic carbocycles. The van der Waals surface area contributed by atoms with E-state index in [0.717, 1.165) is 6.42 Å². The van der Waals surface area contributed by atoms with Crippen LogP contribution in [0.5, 0.6) is 0 Å². The summed E-state index contributed by atoms with van der Waals surface area (Å²) in [5.74, 6) is -0.889. The zero-order chi connectivity index (χ0) is 21.9. The van der Waals surface area contributed by atoms with Crippen molar-refractivity contribution < 1.29 is 24.4 Å². The first kappa shape index (κ1) is 22.0. The lowest BCUT2D eigenvalue weighted by Gasteiger charge is -2.34. The van der Waals surface area contributed by atoms with E-state index in [2.05, 4.69) is 15.0 Å². The van der Waals surface area contributed by atoms with Gasteiger partial charge in [0.25, 0.3) is 11.6 Å². The lowest BCUT2D eigenvalue weighted by atomic mass is 10.1. The van der Waals surface area contributed by atoms with Crippen LogP contribution in [0.3, 0.4) is 0 Å². The van der Waals surface area contributed by atoms with Crippen molar-refractivity contribution in [3.63, 3.8) is 0 Å². The number of carbonyl (C=O) groups excluding carboxylic acids is 1. The first-order valence-electron chi connectivity index (χ1n) is 9.33. The summed E-state index contributed by atoms with van der Waals surface area (Å²) >= 11 is 1.30. The first-order valence-corrected chi connectivity index (χ1v) is 11.7.